The summed E-state index contributed by atoms with van der Waals surface area (Å²) in [6.45, 7) is 1.81. The summed E-state index contributed by atoms with van der Waals surface area (Å²) in [6.07, 6.45) is 1.51. The summed E-state index contributed by atoms with van der Waals surface area (Å²) < 4.78 is 15.6. The molecule has 1 aromatic heterocycles. The van der Waals surface area contributed by atoms with Crippen LogP contribution in [0.15, 0.2) is 32.7 Å². The van der Waals surface area contributed by atoms with E-state index < -0.39 is 5.97 Å². The number of aliphatic carboxylic acids is 1. The minimum Gasteiger partial charge on any atom is -0.477 e. The summed E-state index contributed by atoms with van der Waals surface area (Å²) >= 11 is 0.895. The molecule has 0 fully saturated rings. The second-order valence-corrected chi connectivity index (χ2v) is 5.11. The van der Waals surface area contributed by atoms with Crippen molar-refractivity contribution in [2.45, 2.75) is 12.1 Å². The van der Waals surface area contributed by atoms with Crippen molar-refractivity contribution in [3.63, 3.8) is 0 Å². The molecule has 7 nitrogen and oxygen atoms in total. The van der Waals surface area contributed by atoms with Crippen LogP contribution in [0.4, 0.5) is 0 Å². The molecule has 0 unspecified atom stereocenters. The van der Waals surface area contributed by atoms with Gasteiger partial charge in [-0.15, -0.1) is 10.2 Å². The van der Waals surface area contributed by atoms with E-state index in [4.69, 9.17) is 13.9 Å². The Hall–Kier alpha value is -2.48. The van der Waals surface area contributed by atoms with Crippen LogP contribution in [0.25, 0.3) is 6.08 Å². The van der Waals surface area contributed by atoms with Crippen LogP contribution in [0.1, 0.15) is 11.5 Å². The van der Waals surface area contributed by atoms with Gasteiger partial charge in [-0.05, 0) is 35.5 Å². The summed E-state index contributed by atoms with van der Waals surface area (Å²) in [7, 11) is 0. The number of hydrogen-bond acceptors (Lipinski definition) is 7. The second-order valence-electron chi connectivity index (χ2n) is 4.12. The number of aryl methyl sites for hydroxylation is 1. The zero-order valence-corrected chi connectivity index (χ0v) is 11.7. The number of aromatic nitrogens is 2. The highest BCUT2D eigenvalue weighted by Crippen LogP contribution is 2.34. The normalized spacial score (nSPS) is 13.5. The quantitative estimate of drug-likeness (QED) is 0.679. The van der Waals surface area contributed by atoms with Gasteiger partial charge in [0.15, 0.2) is 11.5 Å². The zero-order valence-electron chi connectivity index (χ0n) is 10.9. The molecular formula is C13H10N2O5S. The van der Waals surface area contributed by atoms with Gasteiger partial charge < -0.3 is 19.0 Å². The number of benzene rings is 1. The van der Waals surface area contributed by atoms with Crippen molar-refractivity contribution < 1.29 is 23.8 Å². The lowest BCUT2D eigenvalue weighted by Crippen LogP contribution is -1.96. The van der Waals surface area contributed by atoms with Gasteiger partial charge in [0.1, 0.15) is 4.91 Å². The molecule has 108 valence electrons. The molecule has 0 atom stereocenters. The second kappa shape index (κ2) is 5.49. The molecule has 2 heterocycles. The lowest BCUT2D eigenvalue weighted by molar-refractivity contribution is -0.131. The van der Waals surface area contributed by atoms with Crippen LogP contribution in [-0.4, -0.2) is 28.1 Å². The molecule has 1 N–H and O–H groups in total. The van der Waals surface area contributed by atoms with Gasteiger partial charge in [0.25, 0.3) is 5.22 Å². The van der Waals surface area contributed by atoms with Gasteiger partial charge in [-0.3, -0.25) is 0 Å². The Labute approximate surface area is 123 Å². The third kappa shape index (κ3) is 3.00. The summed E-state index contributed by atoms with van der Waals surface area (Å²) in [6, 6.07) is 5.19. The molecule has 0 bridgehead atoms. The van der Waals surface area contributed by atoms with E-state index in [9.17, 15) is 9.90 Å². The third-order valence-electron chi connectivity index (χ3n) is 2.61. The van der Waals surface area contributed by atoms with Crippen molar-refractivity contribution >= 4 is 23.8 Å². The number of fused-ring (bicyclic) bond motifs is 1. The van der Waals surface area contributed by atoms with E-state index in [-0.39, 0.29) is 16.9 Å². The fraction of sp³-hybridized carbons (Fsp3) is 0.154. The van der Waals surface area contributed by atoms with Crippen LogP contribution < -0.4 is 9.47 Å². The van der Waals surface area contributed by atoms with E-state index in [2.05, 4.69) is 10.2 Å². The van der Waals surface area contributed by atoms with Gasteiger partial charge in [-0.1, -0.05) is 6.07 Å². The Morgan fingerprint density at radius 2 is 2.14 bits per heavy atom. The van der Waals surface area contributed by atoms with Crippen molar-refractivity contribution in [1.29, 1.82) is 0 Å². The Morgan fingerprint density at radius 3 is 2.86 bits per heavy atom. The van der Waals surface area contributed by atoms with Gasteiger partial charge in [0.2, 0.25) is 12.7 Å². The Kier molecular flexibility index (Phi) is 3.53. The maximum atomic E-state index is 11.3. The molecule has 0 spiro atoms. The molecule has 3 rings (SSSR count). The van der Waals surface area contributed by atoms with Crippen molar-refractivity contribution in [2.75, 3.05) is 6.79 Å². The van der Waals surface area contributed by atoms with E-state index in [0.29, 0.717) is 23.0 Å². The molecule has 0 saturated carbocycles. The topological polar surface area (TPSA) is 94.7 Å². The molecule has 21 heavy (non-hydrogen) atoms. The van der Waals surface area contributed by atoms with Crippen molar-refractivity contribution in [3.8, 4) is 11.5 Å². The largest absolute Gasteiger partial charge is 0.477 e. The standard InChI is InChI=1S/C13H10N2O5S/c1-7-14-15-13(20-7)21-11(12(16)17)5-8-2-3-9-10(4-8)19-6-18-9/h2-5H,6H2,1H3,(H,16,17)/b11-5-. The van der Waals surface area contributed by atoms with Gasteiger partial charge in [-0.2, -0.15) is 0 Å². The van der Waals surface area contributed by atoms with Crippen LogP contribution in [0.2, 0.25) is 0 Å². The fourth-order valence-corrected chi connectivity index (χ4v) is 2.42. The molecule has 8 heteroatoms. The van der Waals surface area contributed by atoms with Gasteiger partial charge in [0, 0.05) is 6.92 Å². The molecule has 0 saturated heterocycles. The summed E-state index contributed by atoms with van der Waals surface area (Å²) in [5.41, 5.74) is 0.681. The average molecular weight is 306 g/mol. The average Bonchev–Trinajstić information content (AvgIpc) is 3.06. The molecule has 1 aliphatic rings. The molecule has 1 aromatic carbocycles. The Morgan fingerprint density at radius 1 is 1.33 bits per heavy atom. The monoisotopic (exact) mass is 306 g/mol. The first-order chi connectivity index (χ1) is 10.1. The lowest BCUT2D eigenvalue weighted by Gasteiger charge is -2.01. The molecule has 2 aromatic rings. The highest BCUT2D eigenvalue weighted by molar-refractivity contribution is 8.03. The number of ether oxygens (including phenoxy) is 2. The Bertz CT molecular complexity index is 725. The number of carboxylic acid groups (broad SMARTS) is 1. The number of thioether (sulfide) groups is 1. The number of hydrogen-bond donors (Lipinski definition) is 1. The highest BCUT2D eigenvalue weighted by Gasteiger charge is 2.16. The van der Waals surface area contributed by atoms with Crippen LogP contribution in [0.3, 0.4) is 0 Å². The molecule has 0 amide bonds. The number of rotatable bonds is 4. The SMILES string of the molecule is Cc1nnc(S/C(=C\c2ccc3c(c2)OCO3)C(=O)O)o1. The smallest absolute Gasteiger partial charge is 0.342 e. The van der Waals surface area contributed by atoms with Gasteiger partial charge >= 0.3 is 5.97 Å². The third-order valence-corrected chi connectivity index (χ3v) is 3.46. The van der Waals surface area contributed by atoms with Crippen LogP contribution in [0.5, 0.6) is 11.5 Å². The molecule has 0 radical (unpaired) electrons. The summed E-state index contributed by atoms with van der Waals surface area (Å²) in [4.78, 5) is 11.4. The zero-order chi connectivity index (χ0) is 14.8. The first-order valence-corrected chi connectivity index (χ1v) is 6.76. The van der Waals surface area contributed by atoms with Crippen molar-refractivity contribution in [2.24, 2.45) is 0 Å². The summed E-state index contributed by atoms with van der Waals surface area (Å²) in [5, 5.41) is 16.9. The first kappa shape index (κ1) is 13.5. The summed E-state index contributed by atoms with van der Waals surface area (Å²) in [5.74, 6) is 0.537. The van der Waals surface area contributed by atoms with Gasteiger partial charge in [-0.25, -0.2) is 4.79 Å². The van der Waals surface area contributed by atoms with Gasteiger partial charge in [0.05, 0.1) is 0 Å². The lowest BCUT2D eigenvalue weighted by atomic mass is 10.2. The maximum absolute atomic E-state index is 11.3. The fourth-order valence-electron chi connectivity index (χ4n) is 1.70. The molecule has 0 aliphatic carbocycles. The molecule has 1 aliphatic heterocycles. The maximum Gasteiger partial charge on any atom is 0.342 e. The minimum absolute atomic E-state index is 0.0671. The Balaban J connectivity index is 1.88. The predicted octanol–water partition coefficient (Wildman–Crippen LogP) is 2.32. The number of nitrogens with zero attached hydrogens (tertiary/aromatic N) is 2. The van der Waals surface area contributed by atoms with Crippen molar-refractivity contribution in [3.05, 3.63) is 34.6 Å². The first-order valence-electron chi connectivity index (χ1n) is 5.94. The van der Waals surface area contributed by atoms with E-state index >= 15 is 0 Å². The van der Waals surface area contributed by atoms with E-state index in [1.807, 2.05) is 0 Å². The van der Waals surface area contributed by atoms with E-state index in [1.165, 1.54) is 6.08 Å². The van der Waals surface area contributed by atoms with Crippen molar-refractivity contribution in [1.82, 2.24) is 10.2 Å². The number of carboxylic acids is 1. The van der Waals surface area contributed by atoms with Crippen LogP contribution in [-0.2, 0) is 4.79 Å². The number of carbonyl (C=O) groups is 1. The highest BCUT2D eigenvalue weighted by atomic mass is 32.2. The van der Waals surface area contributed by atoms with Crippen LogP contribution >= 0.6 is 11.8 Å². The van der Waals surface area contributed by atoms with E-state index in [0.717, 1.165) is 11.8 Å². The predicted molar refractivity (Wildman–Crippen MR) is 73.1 cm³/mol. The van der Waals surface area contributed by atoms with Crippen LogP contribution in [0, 0.1) is 6.92 Å². The minimum atomic E-state index is -1.08. The molecular weight excluding hydrogens is 296 g/mol. The van der Waals surface area contributed by atoms with E-state index in [1.54, 1.807) is 25.1 Å².